The second kappa shape index (κ2) is 6.73. The van der Waals surface area contributed by atoms with Gasteiger partial charge >= 0.3 is 5.97 Å². The van der Waals surface area contributed by atoms with Crippen LogP contribution in [0.3, 0.4) is 0 Å². The highest BCUT2D eigenvalue weighted by Gasteiger charge is 2.13. The fourth-order valence-electron chi connectivity index (χ4n) is 2.38. The van der Waals surface area contributed by atoms with Crippen molar-refractivity contribution in [2.45, 2.75) is 6.92 Å². The van der Waals surface area contributed by atoms with Crippen LogP contribution in [0.5, 0.6) is 5.06 Å². The minimum Gasteiger partial charge on any atom is -0.413 e. The van der Waals surface area contributed by atoms with Crippen LogP contribution >= 0.6 is 11.3 Å². The fraction of sp³-hybridized carbons (Fsp3) is 0.111. The van der Waals surface area contributed by atoms with Crippen molar-refractivity contribution in [3.63, 3.8) is 0 Å². The lowest BCUT2D eigenvalue weighted by Crippen LogP contribution is -2.18. The number of hydrogen-bond acceptors (Lipinski definition) is 5. The first-order valence-corrected chi connectivity index (χ1v) is 8.02. The molecule has 4 nitrogen and oxygen atoms in total. The number of nitrogens with zero attached hydrogens (tertiary/aromatic N) is 1. The van der Waals surface area contributed by atoms with Crippen molar-refractivity contribution in [1.82, 2.24) is 4.98 Å². The molecule has 0 atom stereocenters. The van der Waals surface area contributed by atoms with E-state index in [-0.39, 0.29) is 6.54 Å². The maximum Gasteiger partial charge on any atom is 0.325 e. The summed E-state index contributed by atoms with van der Waals surface area (Å²) < 4.78 is 5.11. The van der Waals surface area contributed by atoms with Gasteiger partial charge in [-0.25, -0.2) is 4.98 Å². The Balaban J connectivity index is 1.97. The molecule has 0 spiro atoms. The number of carbonyl (C=O) groups excluding carboxylic acids is 1. The van der Waals surface area contributed by atoms with Gasteiger partial charge in [0, 0.05) is 5.56 Å². The Bertz CT molecular complexity index is 828. The van der Waals surface area contributed by atoms with Crippen molar-refractivity contribution < 1.29 is 9.53 Å². The van der Waals surface area contributed by atoms with Gasteiger partial charge in [-0.05, 0) is 23.6 Å². The third-order valence-corrected chi connectivity index (χ3v) is 4.42. The first-order valence-electron chi connectivity index (χ1n) is 7.21. The molecule has 0 amide bonds. The van der Waals surface area contributed by atoms with Crippen LogP contribution in [-0.4, -0.2) is 17.5 Å². The molecule has 1 aromatic heterocycles. The SMILES string of the molecule is Cc1c(-c2ccccc2)cccc1-c1ncc(OC(=O)CN)s1. The van der Waals surface area contributed by atoms with Crippen molar-refractivity contribution in [3.05, 3.63) is 60.3 Å². The quantitative estimate of drug-likeness (QED) is 0.744. The second-order valence-corrected chi connectivity index (χ2v) is 6.00. The van der Waals surface area contributed by atoms with Crippen LogP contribution < -0.4 is 10.5 Å². The number of rotatable bonds is 4. The van der Waals surface area contributed by atoms with Crippen molar-refractivity contribution >= 4 is 17.3 Å². The highest BCUT2D eigenvalue weighted by Crippen LogP contribution is 2.35. The number of benzene rings is 2. The smallest absolute Gasteiger partial charge is 0.325 e. The number of carbonyl (C=O) groups is 1. The lowest BCUT2D eigenvalue weighted by atomic mass is 9.97. The second-order valence-electron chi connectivity index (χ2n) is 5.01. The van der Waals surface area contributed by atoms with Gasteiger partial charge in [0.15, 0.2) is 0 Å². The number of aromatic nitrogens is 1. The summed E-state index contributed by atoms with van der Waals surface area (Å²) in [5.74, 6) is -0.463. The van der Waals surface area contributed by atoms with E-state index < -0.39 is 5.97 Å². The predicted octanol–water partition coefficient (Wildman–Crippen LogP) is 3.65. The van der Waals surface area contributed by atoms with Crippen LogP contribution in [0.25, 0.3) is 21.7 Å². The number of hydrogen-bond donors (Lipinski definition) is 1. The Labute approximate surface area is 138 Å². The van der Waals surface area contributed by atoms with E-state index in [2.05, 4.69) is 30.1 Å². The average Bonchev–Trinajstić information content (AvgIpc) is 3.04. The molecular weight excluding hydrogens is 308 g/mol. The zero-order chi connectivity index (χ0) is 16.2. The van der Waals surface area contributed by atoms with Gasteiger partial charge in [0.05, 0.1) is 12.7 Å². The van der Waals surface area contributed by atoms with Gasteiger partial charge in [-0.3, -0.25) is 4.79 Å². The summed E-state index contributed by atoms with van der Waals surface area (Å²) in [5, 5.41) is 1.28. The molecule has 1 heterocycles. The van der Waals surface area contributed by atoms with E-state index in [1.165, 1.54) is 16.9 Å². The summed E-state index contributed by atoms with van der Waals surface area (Å²) in [4.78, 5) is 15.6. The Morgan fingerprint density at radius 1 is 1.13 bits per heavy atom. The molecule has 0 aliphatic rings. The first kappa shape index (κ1) is 15.4. The van der Waals surface area contributed by atoms with E-state index in [0.717, 1.165) is 21.7 Å². The zero-order valence-corrected chi connectivity index (χ0v) is 13.5. The zero-order valence-electron chi connectivity index (χ0n) is 12.7. The topological polar surface area (TPSA) is 65.2 Å². The third kappa shape index (κ3) is 3.31. The molecule has 0 fully saturated rings. The van der Waals surface area contributed by atoms with Crippen molar-refractivity contribution in [2.24, 2.45) is 5.73 Å². The molecule has 2 aromatic carbocycles. The van der Waals surface area contributed by atoms with Crippen LogP contribution in [0, 0.1) is 6.92 Å². The Morgan fingerprint density at radius 2 is 1.87 bits per heavy atom. The summed E-state index contributed by atoms with van der Waals surface area (Å²) in [6.45, 7) is 1.93. The third-order valence-electron chi connectivity index (χ3n) is 3.51. The van der Waals surface area contributed by atoms with Crippen LogP contribution in [0.2, 0.25) is 0 Å². The summed E-state index contributed by atoms with van der Waals surface area (Å²) >= 11 is 1.34. The minimum atomic E-state index is -0.463. The van der Waals surface area contributed by atoms with E-state index in [1.807, 2.05) is 30.3 Å². The maximum absolute atomic E-state index is 11.3. The lowest BCUT2D eigenvalue weighted by molar-refractivity contribution is -0.132. The van der Waals surface area contributed by atoms with E-state index in [1.54, 1.807) is 6.20 Å². The number of esters is 1. The number of nitrogens with two attached hydrogens (primary N) is 1. The molecule has 0 saturated carbocycles. The normalized spacial score (nSPS) is 10.5. The first-order chi connectivity index (χ1) is 11.2. The van der Waals surface area contributed by atoms with Crippen molar-refractivity contribution in [2.75, 3.05) is 6.54 Å². The van der Waals surface area contributed by atoms with Gasteiger partial charge in [-0.2, -0.15) is 0 Å². The van der Waals surface area contributed by atoms with Gasteiger partial charge in [-0.15, -0.1) is 0 Å². The molecule has 0 radical (unpaired) electrons. The standard InChI is InChI=1S/C18H16N2O2S/c1-12-14(13-6-3-2-4-7-13)8-5-9-15(12)18-20-11-17(23-18)22-16(21)10-19/h2-9,11H,10,19H2,1H3. The van der Waals surface area contributed by atoms with Gasteiger partial charge < -0.3 is 10.5 Å². The number of ether oxygens (including phenoxy) is 1. The predicted molar refractivity (Wildman–Crippen MR) is 92.4 cm³/mol. The van der Waals surface area contributed by atoms with Crippen LogP contribution in [-0.2, 0) is 4.79 Å². The van der Waals surface area contributed by atoms with Gasteiger partial charge in [-0.1, -0.05) is 59.9 Å². The molecule has 2 N–H and O–H groups in total. The fourth-order valence-corrected chi connectivity index (χ4v) is 3.25. The summed E-state index contributed by atoms with van der Waals surface area (Å²) in [7, 11) is 0. The average molecular weight is 324 g/mol. The minimum absolute atomic E-state index is 0.143. The highest BCUT2D eigenvalue weighted by molar-refractivity contribution is 7.16. The van der Waals surface area contributed by atoms with Crippen LogP contribution in [0.1, 0.15) is 5.56 Å². The molecule has 0 saturated heterocycles. The van der Waals surface area contributed by atoms with Gasteiger partial charge in [0.1, 0.15) is 5.01 Å². The molecule has 0 unspecified atom stereocenters. The van der Waals surface area contributed by atoms with Crippen molar-refractivity contribution in [3.8, 4) is 26.8 Å². The van der Waals surface area contributed by atoms with E-state index in [9.17, 15) is 4.79 Å². The molecule has 5 heteroatoms. The van der Waals surface area contributed by atoms with Crippen molar-refractivity contribution in [1.29, 1.82) is 0 Å². The Hall–Kier alpha value is -2.50. The summed E-state index contributed by atoms with van der Waals surface area (Å²) in [6, 6.07) is 16.3. The maximum atomic E-state index is 11.3. The molecule has 0 bridgehead atoms. The monoisotopic (exact) mass is 324 g/mol. The summed E-state index contributed by atoms with van der Waals surface area (Å²) in [5.41, 5.74) is 9.76. The van der Waals surface area contributed by atoms with E-state index in [4.69, 9.17) is 10.5 Å². The Morgan fingerprint density at radius 3 is 2.61 bits per heavy atom. The molecule has 3 rings (SSSR count). The molecule has 116 valence electrons. The largest absolute Gasteiger partial charge is 0.413 e. The Kier molecular flexibility index (Phi) is 4.50. The molecule has 0 aliphatic heterocycles. The lowest BCUT2D eigenvalue weighted by Gasteiger charge is -2.09. The summed E-state index contributed by atoms with van der Waals surface area (Å²) in [6.07, 6.45) is 1.56. The van der Waals surface area contributed by atoms with Gasteiger partial charge in [0.25, 0.3) is 0 Å². The molecule has 3 aromatic rings. The molecule has 0 aliphatic carbocycles. The van der Waals surface area contributed by atoms with Gasteiger partial charge in [0.2, 0.25) is 5.06 Å². The number of thiazole rings is 1. The highest BCUT2D eigenvalue weighted by atomic mass is 32.1. The molecule has 23 heavy (non-hydrogen) atoms. The van der Waals surface area contributed by atoms with E-state index in [0.29, 0.717) is 5.06 Å². The van der Waals surface area contributed by atoms with E-state index >= 15 is 0 Å². The van der Waals surface area contributed by atoms with Crippen LogP contribution in [0.15, 0.2) is 54.7 Å². The van der Waals surface area contributed by atoms with Crippen LogP contribution in [0.4, 0.5) is 0 Å². The molecular formula is C18H16N2O2S.